The summed E-state index contributed by atoms with van der Waals surface area (Å²) in [7, 11) is 3.53. The van der Waals surface area contributed by atoms with Gasteiger partial charge >= 0.3 is 0 Å². The van der Waals surface area contributed by atoms with Gasteiger partial charge in [0.05, 0.1) is 13.2 Å². The number of carbonyl (C=O) groups is 1. The van der Waals surface area contributed by atoms with Gasteiger partial charge in [0.25, 0.3) is 0 Å². The van der Waals surface area contributed by atoms with E-state index in [1.165, 1.54) is 0 Å². The van der Waals surface area contributed by atoms with Gasteiger partial charge in [-0.15, -0.1) is 0 Å². The predicted molar refractivity (Wildman–Crippen MR) is 70.5 cm³/mol. The molecule has 0 unspecified atom stereocenters. The van der Waals surface area contributed by atoms with E-state index in [9.17, 15) is 4.79 Å². The van der Waals surface area contributed by atoms with Gasteiger partial charge in [-0.2, -0.15) is 0 Å². The lowest BCUT2D eigenvalue weighted by Gasteiger charge is -2.25. The molecule has 1 heterocycles. The minimum Gasteiger partial charge on any atom is -0.383 e. The lowest BCUT2D eigenvalue weighted by atomic mass is 9.96. The fourth-order valence-electron chi connectivity index (χ4n) is 2.04. The van der Waals surface area contributed by atoms with E-state index in [-0.39, 0.29) is 5.91 Å². The molecule has 0 atom stereocenters. The van der Waals surface area contributed by atoms with Gasteiger partial charge in [-0.25, -0.2) is 0 Å². The maximum atomic E-state index is 11.8. The molecule has 0 spiro atoms. The molecular formula is C13H26N2O3. The van der Waals surface area contributed by atoms with Gasteiger partial charge in [-0.3, -0.25) is 4.79 Å². The number of nitrogens with one attached hydrogen (secondary N) is 1. The average Bonchev–Trinajstić information content (AvgIpc) is 2.42. The summed E-state index contributed by atoms with van der Waals surface area (Å²) in [5, 5.41) is 3.07. The van der Waals surface area contributed by atoms with Crippen molar-refractivity contribution < 1.29 is 14.3 Å². The van der Waals surface area contributed by atoms with Gasteiger partial charge < -0.3 is 19.7 Å². The lowest BCUT2D eigenvalue weighted by molar-refractivity contribution is -0.129. The van der Waals surface area contributed by atoms with Gasteiger partial charge in [0.15, 0.2) is 0 Å². The van der Waals surface area contributed by atoms with Crippen molar-refractivity contribution in [3.05, 3.63) is 0 Å². The molecule has 0 bridgehead atoms. The quantitative estimate of drug-likeness (QED) is 0.644. The number of amides is 1. The van der Waals surface area contributed by atoms with Crippen molar-refractivity contribution in [3.63, 3.8) is 0 Å². The number of likely N-dealkylation sites (N-methyl/N-ethyl adjacent to an activating group) is 1. The third kappa shape index (κ3) is 6.33. The molecule has 18 heavy (non-hydrogen) atoms. The van der Waals surface area contributed by atoms with Crippen molar-refractivity contribution in [2.75, 3.05) is 53.6 Å². The van der Waals surface area contributed by atoms with Crippen LogP contribution in [0.3, 0.4) is 0 Å². The van der Waals surface area contributed by atoms with E-state index in [0.717, 1.165) is 51.5 Å². The van der Waals surface area contributed by atoms with Crippen LogP contribution < -0.4 is 5.32 Å². The van der Waals surface area contributed by atoms with Crippen LogP contribution in [0.5, 0.6) is 0 Å². The van der Waals surface area contributed by atoms with Gasteiger partial charge in [0.1, 0.15) is 0 Å². The average molecular weight is 258 g/mol. The number of ether oxygens (including phenoxy) is 2. The van der Waals surface area contributed by atoms with E-state index >= 15 is 0 Å². The minimum absolute atomic E-state index is 0.151. The molecule has 106 valence electrons. The molecule has 0 aliphatic carbocycles. The number of rotatable bonds is 8. The molecule has 0 saturated carbocycles. The first-order valence-corrected chi connectivity index (χ1v) is 6.75. The molecule has 5 heteroatoms. The maximum absolute atomic E-state index is 11.8. The second kappa shape index (κ2) is 9.30. The van der Waals surface area contributed by atoms with Crippen molar-refractivity contribution in [1.82, 2.24) is 10.2 Å². The zero-order chi connectivity index (χ0) is 13.2. The van der Waals surface area contributed by atoms with Crippen LogP contribution in [0.25, 0.3) is 0 Å². The summed E-state index contributed by atoms with van der Waals surface area (Å²) in [6.45, 7) is 4.35. The molecule has 1 aliphatic heterocycles. The van der Waals surface area contributed by atoms with Crippen molar-refractivity contribution in [2.45, 2.75) is 19.3 Å². The van der Waals surface area contributed by atoms with E-state index in [4.69, 9.17) is 9.47 Å². The van der Waals surface area contributed by atoms with Crippen molar-refractivity contribution >= 4 is 5.91 Å². The van der Waals surface area contributed by atoms with E-state index in [0.29, 0.717) is 13.2 Å². The number of nitrogens with zero attached hydrogens (tertiary/aromatic N) is 1. The highest BCUT2D eigenvalue weighted by Crippen LogP contribution is 2.18. The molecule has 1 amide bonds. The second-order valence-corrected chi connectivity index (χ2v) is 4.83. The molecule has 1 rings (SSSR count). The summed E-state index contributed by atoms with van der Waals surface area (Å²) in [5.74, 6) is 0.869. The molecule has 1 fully saturated rings. The van der Waals surface area contributed by atoms with Crippen LogP contribution in [-0.4, -0.2) is 64.4 Å². The molecule has 0 aromatic rings. The highest BCUT2D eigenvalue weighted by Gasteiger charge is 2.15. The Bertz CT molecular complexity index is 230. The Morgan fingerprint density at radius 3 is 2.83 bits per heavy atom. The summed E-state index contributed by atoms with van der Waals surface area (Å²) < 4.78 is 10.2. The summed E-state index contributed by atoms with van der Waals surface area (Å²) in [6, 6.07) is 0. The number of methoxy groups -OCH3 is 1. The van der Waals surface area contributed by atoms with Gasteiger partial charge in [-0.1, -0.05) is 0 Å². The van der Waals surface area contributed by atoms with E-state index in [1.54, 1.807) is 7.11 Å². The predicted octanol–water partition coefficient (Wildman–Crippen LogP) is 0.498. The Hall–Kier alpha value is -0.650. The first-order chi connectivity index (χ1) is 8.74. The summed E-state index contributed by atoms with van der Waals surface area (Å²) in [6.07, 6.45) is 3.35. The first kappa shape index (κ1) is 15.4. The molecule has 1 N–H and O–H groups in total. The molecule has 0 radical (unpaired) electrons. The fourth-order valence-corrected chi connectivity index (χ4v) is 2.04. The van der Waals surface area contributed by atoms with Crippen molar-refractivity contribution in [2.24, 2.45) is 5.92 Å². The van der Waals surface area contributed by atoms with Crippen LogP contribution in [-0.2, 0) is 14.3 Å². The van der Waals surface area contributed by atoms with E-state index in [1.807, 2.05) is 11.9 Å². The van der Waals surface area contributed by atoms with Crippen molar-refractivity contribution in [1.29, 1.82) is 0 Å². The molecule has 1 aliphatic rings. The Morgan fingerprint density at radius 1 is 1.44 bits per heavy atom. The third-order valence-corrected chi connectivity index (χ3v) is 3.40. The normalized spacial score (nSPS) is 16.8. The third-order valence-electron chi connectivity index (χ3n) is 3.40. The molecule has 1 saturated heterocycles. The van der Waals surface area contributed by atoms with Crippen LogP contribution in [0.1, 0.15) is 19.3 Å². The fraction of sp³-hybridized carbons (Fsp3) is 0.923. The molecular weight excluding hydrogens is 232 g/mol. The van der Waals surface area contributed by atoms with E-state index < -0.39 is 0 Å². The zero-order valence-electron chi connectivity index (χ0n) is 11.6. The molecule has 0 aromatic heterocycles. The van der Waals surface area contributed by atoms with Gasteiger partial charge in [0.2, 0.25) is 5.91 Å². The minimum atomic E-state index is 0.151. The summed E-state index contributed by atoms with van der Waals surface area (Å²) in [4.78, 5) is 13.6. The van der Waals surface area contributed by atoms with Crippen molar-refractivity contribution in [3.8, 4) is 0 Å². The topological polar surface area (TPSA) is 50.8 Å². The summed E-state index contributed by atoms with van der Waals surface area (Å²) in [5.41, 5.74) is 0. The Morgan fingerprint density at radius 2 is 2.17 bits per heavy atom. The van der Waals surface area contributed by atoms with Crippen LogP contribution >= 0.6 is 0 Å². The SMILES string of the molecule is COCCNCC(=O)N(C)CCC1CCOCC1. The maximum Gasteiger partial charge on any atom is 0.236 e. The first-order valence-electron chi connectivity index (χ1n) is 6.75. The highest BCUT2D eigenvalue weighted by molar-refractivity contribution is 5.77. The summed E-state index contributed by atoms with van der Waals surface area (Å²) >= 11 is 0. The van der Waals surface area contributed by atoms with Gasteiger partial charge in [0, 0.05) is 40.5 Å². The number of carbonyl (C=O) groups excluding carboxylic acids is 1. The second-order valence-electron chi connectivity index (χ2n) is 4.83. The zero-order valence-corrected chi connectivity index (χ0v) is 11.6. The van der Waals surface area contributed by atoms with Crippen LogP contribution in [0, 0.1) is 5.92 Å². The molecule has 5 nitrogen and oxygen atoms in total. The largest absolute Gasteiger partial charge is 0.383 e. The van der Waals surface area contributed by atoms with E-state index in [2.05, 4.69) is 5.32 Å². The Balaban J connectivity index is 2.07. The smallest absolute Gasteiger partial charge is 0.236 e. The molecule has 0 aromatic carbocycles. The van der Waals surface area contributed by atoms with Crippen LogP contribution in [0.2, 0.25) is 0 Å². The number of hydrogen-bond donors (Lipinski definition) is 1. The van der Waals surface area contributed by atoms with Gasteiger partial charge in [-0.05, 0) is 25.2 Å². The standard InChI is InChI=1S/C13H26N2O3/c1-15(13(16)11-14-6-10-17-2)7-3-12-4-8-18-9-5-12/h12,14H,3-11H2,1-2H3. The number of hydrogen-bond acceptors (Lipinski definition) is 4. The van der Waals surface area contributed by atoms with Crippen LogP contribution in [0.4, 0.5) is 0 Å². The Kier molecular flexibility index (Phi) is 7.96. The lowest BCUT2D eigenvalue weighted by Crippen LogP contribution is -2.37. The Labute approximate surface area is 110 Å². The van der Waals surface area contributed by atoms with Crippen LogP contribution in [0.15, 0.2) is 0 Å². The monoisotopic (exact) mass is 258 g/mol. The highest BCUT2D eigenvalue weighted by atomic mass is 16.5.